The number of benzene rings is 2. The molecule has 0 aliphatic carbocycles. The van der Waals surface area contributed by atoms with Crippen molar-refractivity contribution < 1.29 is 5.11 Å². The fraction of sp³-hybridized carbons (Fsp3) is 0.429. The third kappa shape index (κ3) is 4.29. The van der Waals surface area contributed by atoms with E-state index in [9.17, 15) is 5.11 Å². The van der Waals surface area contributed by atoms with Gasteiger partial charge in [-0.15, -0.1) is 0 Å². The molecule has 4 atom stereocenters. The summed E-state index contributed by atoms with van der Waals surface area (Å²) in [6.07, 6.45) is 9.27. The van der Waals surface area contributed by atoms with Gasteiger partial charge < -0.3 is 10.1 Å². The molecule has 4 aromatic rings. The van der Waals surface area contributed by atoms with Gasteiger partial charge >= 0.3 is 0 Å². The summed E-state index contributed by atoms with van der Waals surface area (Å²) in [5.74, 6) is 0. The minimum atomic E-state index is -0.294. The number of aliphatic hydroxyl groups is 1. The quantitative estimate of drug-likeness (QED) is 0.446. The van der Waals surface area contributed by atoms with Gasteiger partial charge in [0.05, 0.1) is 17.8 Å². The molecule has 2 N–H and O–H groups in total. The van der Waals surface area contributed by atoms with Crippen molar-refractivity contribution in [2.45, 2.75) is 56.8 Å². The van der Waals surface area contributed by atoms with E-state index in [0.29, 0.717) is 12.1 Å². The molecule has 2 aliphatic rings. The fourth-order valence-electron chi connectivity index (χ4n) is 6.30. The van der Waals surface area contributed by atoms with Gasteiger partial charge in [0.15, 0.2) is 0 Å². The number of piperidine rings is 1. The monoisotopic (exact) mass is 470 g/mol. The van der Waals surface area contributed by atoms with Crippen LogP contribution >= 0.6 is 0 Å². The Balaban J connectivity index is 1.16. The topological polar surface area (TPSA) is 73.2 Å². The first-order chi connectivity index (χ1) is 17.2. The Labute approximate surface area is 206 Å². The predicted molar refractivity (Wildman–Crippen MR) is 137 cm³/mol. The van der Waals surface area contributed by atoms with E-state index in [-0.39, 0.29) is 12.1 Å². The van der Waals surface area contributed by atoms with Crippen molar-refractivity contribution in [3.8, 4) is 5.69 Å². The summed E-state index contributed by atoms with van der Waals surface area (Å²) < 4.78 is 1.81. The molecule has 0 spiro atoms. The third-order valence-corrected chi connectivity index (χ3v) is 8.15. The highest BCUT2D eigenvalue weighted by molar-refractivity contribution is 5.85. The molecule has 35 heavy (non-hydrogen) atoms. The highest BCUT2D eigenvalue weighted by Crippen LogP contribution is 2.37. The summed E-state index contributed by atoms with van der Waals surface area (Å²) in [5.41, 5.74) is 4.77. The van der Waals surface area contributed by atoms with Crippen molar-refractivity contribution in [1.82, 2.24) is 29.5 Å². The van der Waals surface area contributed by atoms with Crippen LogP contribution in [0.4, 0.5) is 0 Å². The van der Waals surface area contributed by atoms with Crippen LogP contribution in [-0.4, -0.2) is 72.5 Å². The minimum Gasteiger partial charge on any atom is -0.391 e. The van der Waals surface area contributed by atoms with Gasteiger partial charge in [-0.2, -0.15) is 5.10 Å². The van der Waals surface area contributed by atoms with Crippen molar-refractivity contribution in [1.29, 1.82) is 0 Å². The van der Waals surface area contributed by atoms with Crippen molar-refractivity contribution in [3.63, 3.8) is 0 Å². The van der Waals surface area contributed by atoms with Crippen LogP contribution in [0.2, 0.25) is 0 Å². The van der Waals surface area contributed by atoms with E-state index < -0.39 is 0 Å². The fourth-order valence-corrected chi connectivity index (χ4v) is 6.30. The molecule has 2 aromatic carbocycles. The second kappa shape index (κ2) is 9.57. The number of fused-ring (bicyclic) bond motifs is 1. The molecule has 0 bridgehead atoms. The number of aromatic nitrogens is 4. The first-order valence-corrected chi connectivity index (χ1v) is 12.9. The lowest BCUT2D eigenvalue weighted by atomic mass is 9.89. The number of nitrogens with one attached hydrogen (secondary N) is 1. The molecule has 2 aliphatic heterocycles. The lowest BCUT2D eigenvalue weighted by Crippen LogP contribution is -2.51. The molecule has 0 amide bonds. The molecule has 2 aromatic heterocycles. The Morgan fingerprint density at radius 1 is 1.09 bits per heavy atom. The van der Waals surface area contributed by atoms with E-state index in [1.807, 2.05) is 0 Å². The van der Waals surface area contributed by atoms with Crippen LogP contribution < -0.4 is 0 Å². The van der Waals surface area contributed by atoms with Crippen LogP contribution in [0.1, 0.15) is 43.4 Å². The standard InChI is InChI=1S/C28H34N6O/c1-20-26(33-13-5-8-27(35)28(33)21-6-3-2-4-7-21)12-15-32(20)14-11-22-17-30-25-10-9-23(16-24(22)25)34-19-29-18-31-34/h2-4,6-7,9-10,16-20,26-28,30,35H,5,8,11-15H2,1H3/t20?,26-,27-,28-/m1/s1. The van der Waals surface area contributed by atoms with E-state index in [0.717, 1.165) is 56.5 Å². The molecule has 2 fully saturated rings. The number of nitrogens with zero attached hydrogens (tertiary/aromatic N) is 5. The Morgan fingerprint density at radius 3 is 2.80 bits per heavy atom. The van der Waals surface area contributed by atoms with Crippen molar-refractivity contribution in [3.05, 3.63) is 78.5 Å². The largest absolute Gasteiger partial charge is 0.391 e. The molecular weight excluding hydrogens is 436 g/mol. The lowest BCUT2D eigenvalue weighted by molar-refractivity contribution is -0.0201. The van der Waals surface area contributed by atoms with Gasteiger partial charge in [-0.05, 0) is 68.5 Å². The second-order valence-electron chi connectivity index (χ2n) is 10.1. The first kappa shape index (κ1) is 22.5. The van der Waals surface area contributed by atoms with Gasteiger partial charge in [-0.1, -0.05) is 30.3 Å². The summed E-state index contributed by atoms with van der Waals surface area (Å²) in [6, 6.07) is 18.0. The number of hydrogen-bond acceptors (Lipinski definition) is 5. The van der Waals surface area contributed by atoms with E-state index in [1.54, 1.807) is 17.3 Å². The van der Waals surface area contributed by atoms with Gasteiger partial charge in [0.1, 0.15) is 12.7 Å². The summed E-state index contributed by atoms with van der Waals surface area (Å²) >= 11 is 0. The van der Waals surface area contributed by atoms with Crippen LogP contribution in [0, 0.1) is 0 Å². The molecule has 4 heterocycles. The third-order valence-electron chi connectivity index (χ3n) is 8.15. The van der Waals surface area contributed by atoms with E-state index in [1.165, 1.54) is 16.5 Å². The number of aliphatic hydroxyl groups excluding tert-OH is 1. The van der Waals surface area contributed by atoms with Gasteiger partial charge in [-0.3, -0.25) is 9.80 Å². The highest BCUT2D eigenvalue weighted by Gasteiger charge is 2.41. The summed E-state index contributed by atoms with van der Waals surface area (Å²) in [7, 11) is 0. The van der Waals surface area contributed by atoms with Crippen LogP contribution in [0.25, 0.3) is 16.6 Å². The zero-order valence-corrected chi connectivity index (χ0v) is 20.3. The second-order valence-corrected chi connectivity index (χ2v) is 10.1. The van der Waals surface area contributed by atoms with Crippen molar-refractivity contribution in [2.75, 3.05) is 19.6 Å². The molecule has 7 heteroatoms. The summed E-state index contributed by atoms with van der Waals surface area (Å²) in [4.78, 5) is 12.7. The van der Waals surface area contributed by atoms with E-state index >= 15 is 0 Å². The normalized spacial score (nSPS) is 26.0. The van der Waals surface area contributed by atoms with Crippen molar-refractivity contribution in [2.24, 2.45) is 0 Å². The first-order valence-electron chi connectivity index (χ1n) is 12.9. The molecule has 2 saturated heterocycles. The zero-order valence-electron chi connectivity index (χ0n) is 20.3. The Kier molecular flexibility index (Phi) is 6.14. The lowest BCUT2D eigenvalue weighted by Gasteiger charge is -2.44. The number of likely N-dealkylation sites (tertiary alicyclic amines) is 2. The molecule has 0 radical (unpaired) electrons. The maximum Gasteiger partial charge on any atom is 0.138 e. The Bertz CT molecular complexity index is 1250. The molecule has 1 unspecified atom stereocenters. The average molecular weight is 471 g/mol. The van der Waals surface area contributed by atoms with Gasteiger partial charge in [0.25, 0.3) is 0 Å². The molecular formula is C28H34N6O. The van der Waals surface area contributed by atoms with E-state index in [2.05, 4.69) is 86.5 Å². The average Bonchev–Trinajstić information content (AvgIpc) is 3.63. The number of aromatic amines is 1. The van der Waals surface area contributed by atoms with Crippen LogP contribution in [-0.2, 0) is 6.42 Å². The SMILES string of the molecule is CC1[C@H](N2CCC[C@@H](O)[C@H]2c2ccccc2)CCN1CCc1c[nH]c2ccc(-n3cncn3)cc12. The Morgan fingerprint density at radius 2 is 1.97 bits per heavy atom. The summed E-state index contributed by atoms with van der Waals surface area (Å²) in [5, 5.41) is 16.5. The maximum atomic E-state index is 11.0. The molecule has 7 nitrogen and oxygen atoms in total. The van der Waals surface area contributed by atoms with Gasteiger partial charge in [0.2, 0.25) is 0 Å². The maximum absolute atomic E-state index is 11.0. The van der Waals surface area contributed by atoms with Gasteiger partial charge in [0, 0.05) is 42.3 Å². The van der Waals surface area contributed by atoms with Crippen LogP contribution in [0.15, 0.2) is 67.4 Å². The smallest absolute Gasteiger partial charge is 0.138 e. The molecule has 6 rings (SSSR count). The van der Waals surface area contributed by atoms with Gasteiger partial charge in [-0.25, -0.2) is 9.67 Å². The predicted octanol–water partition coefficient (Wildman–Crippen LogP) is 3.95. The number of hydrogen-bond donors (Lipinski definition) is 2. The van der Waals surface area contributed by atoms with E-state index in [4.69, 9.17) is 0 Å². The number of rotatable bonds is 6. The summed E-state index contributed by atoms with van der Waals surface area (Å²) in [6.45, 7) is 5.57. The number of H-pyrrole nitrogens is 1. The molecule has 182 valence electrons. The zero-order chi connectivity index (χ0) is 23.8. The molecule has 0 saturated carbocycles. The highest BCUT2D eigenvalue weighted by atomic mass is 16.3. The minimum absolute atomic E-state index is 0.0983. The van der Waals surface area contributed by atoms with Crippen molar-refractivity contribution >= 4 is 10.9 Å². The van der Waals surface area contributed by atoms with Crippen LogP contribution in [0.5, 0.6) is 0 Å². The Hall–Kier alpha value is -3.00. The van der Waals surface area contributed by atoms with Crippen LogP contribution in [0.3, 0.4) is 0 Å².